The molecule has 2 aromatic carbocycles. The van der Waals surface area contributed by atoms with Crippen LogP contribution in [0.5, 0.6) is 5.75 Å². The summed E-state index contributed by atoms with van der Waals surface area (Å²) in [5, 5.41) is 0. The van der Waals surface area contributed by atoms with Gasteiger partial charge in [0.15, 0.2) is 11.6 Å². The van der Waals surface area contributed by atoms with Crippen LogP contribution in [0.2, 0.25) is 0 Å². The minimum Gasteiger partial charge on any atom is -0.489 e. The third-order valence-electron chi connectivity index (χ3n) is 5.24. The Morgan fingerprint density at radius 1 is 1.13 bits per heavy atom. The molecule has 8 heteroatoms. The number of piperidine rings is 1. The summed E-state index contributed by atoms with van der Waals surface area (Å²) in [5.41, 5.74) is 0.909. The molecule has 1 fully saturated rings. The van der Waals surface area contributed by atoms with Crippen molar-refractivity contribution < 1.29 is 22.3 Å². The number of rotatable bonds is 7. The normalized spacial score (nSPS) is 15.0. The zero-order chi connectivity index (χ0) is 21.7. The highest BCUT2D eigenvalue weighted by molar-refractivity contribution is 7.89. The Bertz CT molecular complexity index is 1000. The first kappa shape index (κ1) is 22.2. The Morgan fingerprint density at radius 2 is 1.83 bits per heavy atom. The van der Waals surface area contributed by atoms with Gasteiger partial charge >= 0.3 is 0 Å². The molecular formula is C22H27FN2O4S. The van der Waals surface area contributed by atoms with Crippen LogP contribution in [-0.2, 0) is 10.0 Å². The highest BCUT2D eigenvalue weighted by Gasteiger charge is 2.28. The molecule has 0 saturated carbocycles. The van der Waals surface area contributed by atoms with Crippen LogP contribution in [-0.4, -0.2) is 56.8 Å². The number of ether oxygens (including phenoxy) is 1. The van der Waals surface area contributed by atoms with E-state index in [4.69, 9.17) is 4.74 Å². The molecule has 0 spiro atoms. The van der Waals surface area contributed by atoms with E-state index in [0.717, 1.165) is 19.3 Å². The second-order valence-electron chi connectivity index (χ2n) is 7.45. The number of likely N-dealkylation sites (N-methyl/N-ethyl adjacent to an activating group) is 1. The summed E-state index contributed by atoms with van der Waals surface area (Å²) in [4.78, 5) is 14.4. The fourth-order valence-electron chi connectivity index (χ4n) is 3.43. The summed E-state index contributed by atoms with van der Waals surface area (Å²) in [7, 11) is -2.03. The Balaban J connectivity index is 1.70. The minimum atomic E-state index is -3.64. The number of hydrogen-bond acceptors (Lipinski definition) is 4. The predicted octanol–water partition coefficient (Wildman–Crippen LogP) is 3.46. The van der Waals surface area contributed by atoms with Gasteiger partial charge in [-0.1, -0.05) is 24.6 Å². The van der Waals surface area contributed by atoms with Crippen molar-refractivity contribution in [3.63, 3.8) is 0 Å². The maximum Gasteiger partial charge on any atom is 0.253 e. The van der Waals surface area contributed by atoms with Crippen molar-refractivity contribution in [3.05, 3.63) is 59.4 Å². The van der Waals surface area contributed by atoms with Gasteiger partial charge in [-0.15, -0.1) is 0 Å². The fourth-order valence-corrected chi connectivity index (χ4v) is 5.20. The van der Waals surface area contributed by atoms with Gasteiger partial charge in [0.2, 0.25) is 10.0 Å². The number of carbonyl (C=O) groups excluding carboxylic acids is 1. The van der Waals surface area contributed by atoms with Crippen LogP contribution in [0.4, 0.5) is 4.39 Å². The van der Waals surface area contributed by atoms with E-state index < -0.39 is 15.8 Å². The molecule has 3 rings (SSSR count). The number of sulfonamides is 1. The Kier molecular flexibility index (Phi) is 7.10. The Morgan fingerprint density at radius 3 is 2.53 bits per heavy atom. The average Bonchev–Trinajstić information content (AvgIpc) is 2.75. The van der Waals surface area contributed by atoms with Crippen molar-refractivity contribution >= 4 is 15.9 Å². The van der Waals surface area contributed by atoms with E-state index in [0.29, 0.717) is 24.2 Å². The van der Waals surface area contributed by atoms with Crippen molar-refractivity contribution in [3.8, 4) is 5.75 Å². The molecule has 0 aromatic heterocycles. The van der Waals surface area contributed by atoms with Crippen molar-refractivity contribution in [2.24, 2.45) is 0 Å². The van der Waals surface area contributed by atoms with Crippen LogP contribution in [0.25, 0.3) is 0 Å². The molecular weight excluding hydrogens is 407 g/mol. The van der Waals surface area contributed by atoms with Gasteiger partial charge < -0.3 is 9.64 Å². The summed E-state index contributed by atoms with van der Waals surface area (Å²) in [6, 6.07) is 10.8. The van der Waals surface area contributed by atoms with Gasteiger partial charge in [0.1, 0.15) is 6.61 Å². The monoisotopic (exact) mass is 434 g/mol. The molecule has 0 atom stereocenters. The number of aryl methyl sites for hydroxylation is 1. The highest BCUT2D eigenvalue weighted by atomic mass is 32.2. The SMILES string of the molecule is Cc1ccc(C(=O)N(C)CCOc2ccccc2F)cc1S(=O)(=O)N1CCCCC1. The average molecular weight is 435 g/mol. The van der Waals surface area contributed by atoms with Gasteiger partial charge in [0, 0.05) is 25.7 Å². The molecule has 30 heavy (non-hydrogen) atoms. The quantitative estimate of drug-likeness (QED) is 0.669. The zero-order valence-electron chi connectivity index (χ0n) is 17.3. The molecule has 0 bridgehead atoms. The van der Waals surface area contributed by atoms with Crippen LogP contribution in [0, 0.1) is 12.7 Å². The predicted molar refractivity (Wildman–Crippen MR) is 113 cm³/mol. The second-order valence-corrected chi connectivity index (χ2v) is 9.36. The number of carbonyl (C=O) groups is 1. The first-order valence-electron chi connectivity index (χ1n) is 10.0. The lowest BCUT2D eigenvalue weighted by molar-refractivity contribution is 0.0772. The Labute approximate surface area is 177 Å². The smallest absolute Gasteiger partial charge is 0.253 e. The number of benzene rings is 2. The minimum absolute atomic E-state index is 0.119. The van der Waals surface area contributed by atoms with Gasteiger partial charge in [-0.3, -0.25) is 4.79 Å². The third kappa shape index (κ3) is 4.99. The molecule has 0 N–H and O–H groups in total. The van der Waals surface area contributed by atoms with Crippen molar-refractivity contribution in [2.45, 2.75) is 31.1 Å². The first-order valence-corrected chi connectivity index (χ1v) is 11.5. The highest BCUT2D eigenvalue weighted by Crippen LogP contribution is 2.25. The van der Waals surface area contributed by atoms with E-state index in [2.05, 4.69) is 0 Å². The molecule has 1 saturated heterocycles. The second kappa shape index (κ2) is 9.57. The standard InChI is InChI=1S/C22H27FN2O4S/c1-17-10-11-18(16-21(17)30(27,28)25-12-6-3-7-13-25)22(26)24(2)14-15-29-20-9-5-4-8-19(20)23/h4-5,8-11,16H,3,6-7,12-15H2,1-2H3. The molecule has 1 heterocycles. The number of amides is 1. The lowest BCUT2D eigenvalue weighted by Gasteiger charge is -2.27. The largest absolute Gasteiger partial charge is 0.489 e. The molecule has 1 aliphatic rings. The van der Waals surface area contributed by atoms with Crippen molar-refractivity contribution in [1.29, 1.82) is 0 Å². The Hall–Kier alpha value is -2.45. The molecule has 6 nitrogen and oxygen atoms in total. The first-order chi connectivity index (χ1) is 14.3. The molecule has 0 radical (unpaired) electrons. The molecule has 1 aliphatic heterocycles. The van der Waals surface area contributed by atoms with Gasteiger partial charge in [-0.2, -0.15) is 4.31 Å². The molecule has 1 amide bonds. The number of para-hydroxylation sites is 1. The van der Waals surface area contributed by atoms with Crippen molar-refractivity contribution in [1.82, 2.24) is 9.21 Å². The number of nitrogens with zero attached hydrogens (tertiary/aromatic N) is 2. The van der Waals surface area contributed by atoms with Crippen molar-refractivity contribution in [2.75, 3.05) is 33.3 Å². The van der Waals surface area contributed by atoms with E-state index in [1.165, 1.54) is 27.4 Å². The topological polar surface area (TPSA) is 66.9 Å². The van der Waals surface area contributed by atoms with Crippen LogP contribution >= 0.6 is 0 Å². The van der Waals surface area contributed by atoms with E-state index >= 15 is 0 Å². The zero-order valence-corrected chi connectivity index (χ0v) is 18.1. The molecule has 162 valence electrons. The molecule has 0 aliphatic carbocycles. The lowest BCUT2D eigenvalue weighted by Crippen LogP contribution is -2.36. The summed E-state index contributed by atoms with van der Waals surface area (Å²) in [6.45, 7) is 3.10. The van der Waals surface area contributed by atoms with Gasteiger partial charge in [0.25, 0.3) is 5.91 Å². The number of hydrogen-bond donors (Lipinski definition) is 0. The van der Waals surface area contributed by atoms with E-state index in [-0.39, 0.29) is 29.7 Å². The van der Waals surface area contributed by atoms with Crippen LogP contribution in [0.1, 0.15) is 35.2 Å². The summed E-state index contributed by atoms with van der Waals surface area (Å²) < 4.78 is 46.6. The van der Waals surface area contributed by atoms with E-state index in [1.807, 2.05) is 0 Å². The van der Waals surface area contributed by atoms with E-state index in [1.54, 1.807) is 38.2 Å². The van der Waals surface area contributed by atoms with E-state index in [9.17, 15) is 17.6 Å². The summed E-state index contributed by atoms with van der Waals surface area (Å²) in [5.74, 6) is -0.650. The van der Waals surface area contributed by atoms with Gasteiger partial charge in [-0.25, -0.2) is 12.8 Å². The summed E-state index contributed by atoms with van der Waals surface area (Å²) >= 11 is 0. The number of halogens is 1. The summed E-state index contributed by atoms with van der Waals surface area (Å²) in [6.07, 6.45) is 2.73. The van der Waals surface area contributed by atoms with Crippen LogP contribution in [0.15, 0.2) is 47.4 Å². The third-order valence-corrected chi connectivity index (χ3v) is 7.28. The van der Waals surface area contributed by atoms with Gasteiger partial charge in [-0.05, 0) is 49.6 Å². The maximum absolute atomic E-state index is 13.6. The van der Waals surface area contributed by atoms with Gasteiger partial charge in [0.05, 0.1) is 11.4 Å². The fraction of sp³-hybridized carbons (Fsp3) is 0.409. The molecule has 2 aromatic rings. The molecule has 0 unspecified atom stereocenters. The van der Waals surface area contributed by atoms with Crippen LogP contribution in [0.3, 0.4) is 0 Å². The lowest BCUT2D eigenvalue weighted by atomic mass is 10.1. The van der Waals surface area contributed by atoms with Crippen LogP contribution < -0.4 is 4.74 Å². The maximum atomic E-state index is 13.6.